The second-order valence-corrected chi connectivity index (χ2v) is 4.13. The van der Waals surface area contributed by atoms with Crippen molar-refractivity contribution < 1.29 is 9.21 Å². The van der Waals surface area contributed by atoms with Crippen LogP contribution < -0.4 is 0 Å². The first kappa shape index (κ1) is 10.5. The maximum atomic E-state index is 10.9. The van der Waals surface area contributed by atoms with Gasteiger partial charge in [0.15, 0.2) is 12.0 Å². The highest BCUT2D eigenvalue weighted by atomic mass is 16.3. The largest absolute Gasteiger partial charge is 0.458 e. The van der Waals surface area contributed by atoms with Gasteiger partial charge in [-0.1, -0.05) is 13.3 Å². The first-order valence-electron chi connectivity index (χ1n) is 5.74. The van der Waals surface area contributed by atoms with Crippen LogP contribution in [0.2, 0.25) is 0 Å². The van der Waals surface area contributed by atoms with Crippen LogP contribution in [-0.4, -0.2) is 6.29 Å². The van der Waals surface area contributed by atoms with Crippen LogP contribution >= 0.6 is 0 Å². The van der Waals surface area contributed by atoms with Crippen molar-refractivity contribution in [1.82, 2.24) is 0 Å². The second-order valence-electron chi connectivity index (χ2n) is 4.13. The Bertz CT molecular complexity index is 350. The Balaban J connectivity index is 2.29. The zero-order valence-electron chi connectivity index (χ0n) is 9.05. The van der Waals surface area contributed by atoms with Gasteiger partial charge in [0, 0.05) is 12.0 Å². The minimum atomic E-state index is 0.573. The van der Waals surface area contributed by atoms with Crippen LogP contribution in [0.3, 0.4) is 0 Å². The van der Waals surface area contributed by atoms with Gasteiger partial charge in [0.2, 0.25) is 0 Å². The van der Waals surface area contributed by atoms with Crippen molar-refractivity contribution in [3.8, 4) is 0 Å². The lowest BCUT2D eigenvalue weighted by atomic mass is 9.91. The third-order valence-corrected chi connectivity index (χ3v) is 3.10. The molecule has 0 bridgehead atoms. The SMILES string of the molecule is [CH2]CCCc1oc(C=O)c2c1CCCC2. The average molecular weight is 205 g/mol. The van der Waals surface area contributed by atoms with Crippen LogP contribution in [0.1, 0.15) is 53.1 Å². The molecule has 0 atom stereocenters. The third kappa shape index (κ3) is 1.99. The summed E-state index contributed by atoms with van der Waals surface area (Å²) in [5, 5.41) is 0. The van der Waals surface area contributed by atoms with E-state index in [-0.39, 0.29) is 0 Å². The molecule has 1 radical (unpaired) electrons. The van der Waals surface area contributed by atoms with E-state index in [1.54, 1.807) is 0 Å². The normalized spacial score (nSPS) is 15.0. The Morgan fingerprint density at radius 2 is 2.00 bits per heavy atom. The van der Waals surface area contributed by atoms with E-state index < -0.39 is 0 Å². The van der Waals surface area contributed by atoms with Crippen molar-refractivity contribution in [2.45, 2.75) is 44.9 Å². The molecule has 15 heavy (non-hydrogen) atoms. The number of hydrogen-bond acceptors (Lipinski definition) is 2. The summed E-state index contributed by atoms with van der Waals surface area (Å²) in [6, 6.07) is 0. The summed E-state index contributed by atoms with van der Waals surface area (Å²) in [6.07, 6.45) is 8.25. The Morgan fingerprint density at radius 1 is 1.27 bits per heavy atom. The number of carbonyl (C=O) groups is 1. The standard InChI is InChI=1S/C13H17O2/c1-2-3-8-12-10-6-4-5-7-11(10)13(9-14)15-12/h9H,1-8H2. The number of carbonyl (C=O) groups excluding carboxylic acids is 1. The van der Waals surface area contributed by atoms with Gasteiger partial charge in [-0.2, -0.15) is 0 Å². The van der Waals surface area contributed by atoms with Gasteiger partial charge in [0.05, 0.1) is 0 Å². The number of unbranched alkanes of at least 4 members (excludes halogenated alkanes) is 1. The fourth-order valence-electron chi connectivity index (χ4n) is 2.32. The number of rotatable bonds is 4. The lowest BCUT2D eigenvalue weighted by Gasteiger charge is -2.11. The lowest BCUT2D eigenvalue weighted by molar-refractivity contribution is 0.109. The second kappa shape index (κ2) is 4.65. The quantitative estimate of drug-likeness (QED) is 0.707. The molecule has 0 amide bonds. The lowest BCUT2D eigenvalue weighted by Crippen LogP contribution is -2.03. The molecular formula is C13H17O2. The topological polar surface area (TPSA) is 30.2 Å². The molecule has 0 fully saturated rings. The van der Waals surface area contributed by atoms with Crippen molar-refractivity contribution >= 4 is 6.29 Å². The van der Waals surface area contributed by atoms with E-state index in [4.69, 9.17) is 4.42 Å². The minimum Gasteiger partial charge on any atom is -0.458 e. The van der Waals surface area contributed by atoms with E-state index in [2.05, 4.69) is 6.92 Å². The molecule has 0 aliphatic heterocycles. The van der Waals surface area contributed by atoms with Gasteiger partial charge < -0.3 is 4.42 Å². The minimum absolute atomic E-state index is 0.573. The van der Waals surface area contributed by atoms with E-state index in [1.165, 1.54) is 24.0 Å². The molecule has 0 aromatic carbocycles. The number of hydrogen-bond donors (Lipinski definition) is 0. The average Bonchev–Trinajstić information content (AvgIpc) is 2.65. The fraction of sp³-hybridized carbons (Fsp3) is 0.538. The van der Waals surface area contributed by atoms with Crippen molar-refractivity contribution in [3.05, 3.63) is 29.6 Å². The predicted octanol–water partition coefficient (Wildman–Crippen LogP) is 3.13. The fourth-order valence-corrected chi connectivity index (χ4v) is 2.32. The number of fused-ring (bicyclic) bond motifs is 1. The smallest absolute Gasteiger partial charge is 0.185 e. The van der Waals surface area contributed by atoms with Crippen LogP contribution in [0.15, 0.2) is 4.42 Å². The highest BCUT2D eigenvalue weighted by Gasteiger charge is 2.21. The molecular weight excluding hydrogens is 188 g/mol. The van der Waals surface area contributed by atoms with E-state index in [9.17, 15) is 4.79 Å². The van der Waals surface area contributed by atoms with E-state index in [1.807, 2.05) is 0 Å². The van der Waals surface area contributed by atoms with Gasteiger partial charge in [-0.3, -0.25) is 4.79 Å². The molecule has 0 saturated carbocycles. The Morgan fingerprint density at radius 3 is 2.67 bits per heavy atom. The third-order valence-electron chi connectivity index (χ3n) is 3.10. The molecule has 1 aromatic heterocycles. The summed E-state index contributed by atoms with van der Waals surface area (Å²) < 4.78 is 5.62. The summed E-state index contributed by atoms with van der Waals surface area (Å²) in [4.78, 5) is 10.9. The van der Waals surface area contributed by atoms with Crippen LogP contribution in [0.25, 0.3) is 0 Å². The Kier molecular flexibility index (Phi) is 3.24. The van der Waals surface area contributed by atoms with Crippen molar-refractivity contribution in [2.24, 2.45) is 0 Å². The molecule has 1 aliphatic carbocycles. The molecule has 2 rings (SSSR count). The van der Waals surface area contributed by atoms with Crippen LogP contribution in [0.5, 0.6) is 0 Å². The van der Waals surface area contributed by atoms with Gasteiger partial charge in [-0.05, 0) is 37.7 Å². The summed E-state index contributed by atoms with van der Waals surface area (Å²) in [5.41, 5.74) is 2.49. The molecule has 1 aromatic rings. The van der Waals surface area contributed by atoms with E-state index in [0.29, 0.717) is 5.76 Å². The Labute approximate surface area is 90.7 Å². The molecule has 2 heteroatoms. The van der Waals surface area contributed by atoms with Gasteiger partial charge >= 0.3 is 0 Å². The molecule has 0 saturated heterocycles. The van der Waals surface area contributed by atoms with Crippen LogP contribution in [-0.2, 0) is 19.3 Å². The summed E-state index contributed by atoms with van der Waals surface area (Å²) in [6.45, 7) is 3.83. The summed E-state index contributed by atoms with van der Waals surface area (Å²) in [7, 11) is 0. The molecule has 1 aliphatic rings. The molecule has 2 nitrogen and oxygen atoms in total. The highest BCUT2D eigenvalue weighted by Crippen LogP contribution is 2.30. The maximum absolute atomic E-state index is 10.9. The van der Waals surface area contributed by atoms with E-state index in [0.717, 1.165) is 44.2 Å². The first-order chi connectivity index (χ1) is 7.36. The van der Waals surface area contributed by atoms with E-state index >= 15 is 0 Å². The zero-order chi connectivity index (χ0) is 10.7. The molecule has 81 valence electrons. The number of furan rings is 1. The zero-order valence-corrected chi connectivity index (χ0v) is 9.05. The molecule has 0 unspecified atom stereocenters. The summed E-state index contributed by atoms with van der Waals surface area (Å²) >= 11 is 0. The molecule has 0 spiro atoms. The van der Waals surface area contributed by atoms with Gasteiger partial charge in [-0.25, -0.2) is 0 Å². The Hall–Kier alpha value is -1.05. The monoisotopic (exact) mass is 205 g/mol. The van der Waals surface area contributed by atoms with Gasteiger partial charge in [0.1, 0.15) is 5.76 Å². The maximum Gasteiger partial charge on any atom is 0.185 e. The van der Waals surface area contributed by atoms with Crippen LogP contribution in [0, 0.1) is 6.92 Å². The molecule has 1 heterocycles. The van der Waals surface area contributed by atoms with Gasteiger partial charge in [0.25, 0.3) is 0 Å². The predicted molar refractivity (Wildman–Crippen MR) is 59.0 cm³/mol. The molecule has 0 N–H and O–H groups in total. The first-order valence-corrected chi connectivity index (χ1v) is 5.74. The highest BCUT2D eigenvalue weighted by molar-refractivity contribution is 5.74. The van der Waals surface area contributed by atoms with Gasteiger partial charge in [-0.15, -0.1) is 0 Å². The van der Waals surface area contributed by atoms with Crippen molar-refractivity contribution in [1.29, 1.82) is 0 Å². The number of aryl methyl sites for hydroxylation is 1. The van der Waals surface area contributed by atoms with Crippen molar-refractivity contribution in [2.75, 3.05) is 0 Å². The summed E-state index contributed by atoms with van der Waals surface area (Å²) in [5.74, 6) is 1.61. The van der Waals surface area contributed by atoms with Crippen LogP contribution in [0.4, 0.5) is 0 Å². The van der Waals surface area contributed by atoms with Crippen molar-refractivity contribution in [3.63, 3.8) is 0 Å². The number of aldehydes is 1.